The average Bonchev–Trinajstić information content (AvgIpc) is 2.32. The van der Waals surface area contributed by atoms with Crippen molar-refractivity contribution in [3.63, 3.8) is 0 Å². The smallest absolute Gasteiger partial charge is 0.223 e. The van der Waals surface area contributed by atoms with Crippen LogP contribution in [0.3, 0.4) is 0 Å². The zero-order valence-corrected chi connectivity index (χ0v) is 13.5. The fourth-order valence-electron chi connectivity index (χ4n) is 2.89. The summed E-state index contributed by atoms with van der Waals surface area (Å²) in [5.74, 6) is 0.522. The van der Waals surface area contributed by atoms with Gasteiger partial charge in [0, 0.05) is 17.8 Å². The molecule has 0 aromatic rings. The third-order valence-electron chi connectivity index (χ3n) is 4.18. The number of amides is 1. The van der Waals surface area contributed by atoms with Crippen LogP contribution in [0, 0.1) is 11.3 Å². The Morgan fingerprint density at radius 3 is 2.61 bits per heavy atom. The fraction of sp³-hybridized carbons (Fsp3) is 0.933. The summed E-state index contributed by atoms with van der Waals surface area (Å²) >= 11 is 3.44. The van der Waals surface area contributed by atoms with Crippen molar-refractivity contribution < 1.29 is 4.79 Å². The van der Waals surface area contributed by atoms with Crippen molar-refractivity contribution in [3.05, 3.63) is 0 Å². The van der Waals surface area contributed by atoms with E-state index in [0.29, 0.717) is 5.91 Å². The molecule has 1 unspecified atom stereocenters. The van der Waals surface area contributed by atoms with Crippen LogP contribution in [-0.4, -0.2) is 17.8 Å². The highest BCUT2D eigenvalue weighted by molar-refractivity contribution is 9.09. The van der Waals surface area contributed by atoms with Crippen LogP contribution >= 0.6 is 15.9 Å². The Bertz CT molecular complexity index is 253. The van der Waals surface area contributed by atoms with Gasteiger partial charge in [0.2, 0.25) is 5.91 Å². The van der Waals surface area contributed by atoms with Crippen molar-refractivity contribution in [3.8, 4) is 0 Å². The molecular weight excluding hydrogens is 290 g/mol. The Morgan fingerprint density at radius 1 is 1.22 bits per heavy atom. The minimum atomic E-state index is 0.193. The van der Waals surface area contributed by atoms with Crippen molar-refractivity contribution in [1.29, 1.82) is 0 Å². The first-order chi connectivity index (χ1) is 8.58. The summed E-state index contributed by atoms with van der Waals surface area (Å²) in [6.07, 6.45) is 9.60. The molecule has 0 heterocycles. The molecule has 1 N–H and O–H groups in total. The molecule has 0 aromatic carbocycles. The Hall–Kier alpha value is -0.0500. The predicted molar refractivity (Wildman–Crippen MR) is 81.0 cm³/mol. The van der Waals surface area contributed by atoms with E-state index in [1.54, 1.807) is 0 Å². The molecule has 0 aromatic heterocycles. The van der Waals surface area contributed by atoms with Gasteiger partial charge >= 0.3 is 0 Å². The summed E-state index contributed by atoms with van der Waals surface area (Å²) in [5, 5.41) is 4.23. The number of nitrogens with one attached hydrogen (secondary N) is 1. The lowest BCUT2D eigenvalue weighted by Crippen LogP contribution is -2.41. The van der Waals surface area contributed by atoms with Gasteiger partial charge in [0.1, 0.15) is 0 Å². The van der Waals surface area contributed by atoms with Crippen molar-refractivity contribution >= 4 is 21.8 Å². The number of halogens is 1. The molecule has 1 atom stereocenters. The van der Waals surface area contributed by atoms with Gasteiger partial charge < -0.3 is 5.32 Å². The largest absolute Gasteiger partial charge is 0.356 e. The van der Waals surface area contributed by atoms with Crippen molar-refractivity contribution in [1.82, 2.24) is 5.32 Å². The number of carbonyl (C=O) groups excluding carboxylic acids is 1. The van der Waals surface area contributed by atoms with Gasteiger partial charge in [0.15, 0.2) is 0 Å². The maximum Gasteiger partial charge on any atom is 0.223 e. The number of rotatable bonds is 7. The summed E-state index contributed by atoms with van der Waals surface area (Å²) in [7, 11) is 0. The molecule has 106 valence electrons. The molecule has 0 aliphatic heterocycles. The molecule has 1 fully saturated rings. The molecule has 1 aliphatic carbocycles. The van der Waals surface area contributed by atoms with E-state index in [1.165, 1.54) is 38.5 Å². The molecule has 1 rings (SSSR count). The van der Waals surface area contributed by atoms with Crippen molar-refractivity contribution in [2.24, 2.45) is 11.3 Å². The molecule has 0 radical (unpaired) electrons. The number of hydrogen-bond acceptors (Lipinski definition) is 1. The van der Waals surface area contributed by atoms with Gasteiger partial charge in [0.25, 0.3) is 0 Å². The highest BCUT2D eigenvalue weighted by atomic mass is 79.9. The van der Waals surface area contributed by atoms with E-state index in [-0.39, 0.29) is 11.3 Å². The zero-order chi connectivity index (χ0) is 13.4. The van der Waals surface area contributed by atoms with E-state index < -0.39 is 0 Å². The first-order valence-electron chi connectivity index (χ1n) is 7.41. The normalized spacial score (nSPS) is 22.7. The van der Waals surface area contributed by atoms with Crippen LogP contribution in [0.15, 0.2) is 0 Å². The highest BCUT2D eigenvalue weighted by Gasteiger charge is 2.36. The maximum atomic E-state index is 12.2. The number of hydrogen-bond donors (Lipinski definition) is 1. The predicted octanol–water partition coefficient (Wildman–Crippen LogP) is 4.27. The van der Waals surface area contributed by atoms with E-state index in [9.17, 15) is 4.79 Å². The fourth-order valence-corrected chi connectivity index (χ4v) is 3.28. The monoisotopic (exact) mass is 317 g/mol. The first kappa shape index (κ1) is 16.0. The average molecular weight is 318 g/mol. The van der Waals surface area contributed by atoms with E-state index in [0.717, 1.165) is 24.7 Å². The molecule has 0 bridgehead atoms. The second-order valence-electron chi connectivity index (χ2n) is 6.18. The van der Waals surface area contributed by atoms with Crippen LogP contribution in [0.5, 0.6) is 0 Å². The lowest BCUT2D eigenvalue weighted by molar-refractivity contribution is -0.130. The first-order valence-corrected chi connectivity index (χ1v) is 8.54. The molecule has 1 saturated carbocycles. The highest BCUT2D eigenvalue weighted by Crippen LogP contribution is 2.40. The van der Waals surface area contributed by atoms with Gasteiger partial charge in [-0.25, -0.2) is 0 Å². The molecular formula is C15H28BrNO. The van der Waals surface area contributed by atoms with Crippen LogP contribution in [0.1, 0.15) is 65.2 Å². The molecule has 0 saturated heterocycles. The van der Waals surface area contributed by atoms with E-state index >= 15 is 0 Å². The van der Waals surface area contributed by atoms with Crippen LogP contribution in [-0.2, 0) is 4.79 Å². The third-order valence-corrected chi connectivity index (χ3v) is 4.74. The molecule has 0 spiro atoms. The van der Waals surface area contributed by atoms with Gasteiger partial charge in [-0.2, -0.15) is 0 Å². The standard InChI is InChI=1S/C15H28BrNO/c1-15(2)10-6-5-9-13(15)14(18)17-12-8-4-3-7-11-16/h13H,3-12H2,1-2H3,(H,17,18). The lowest BCUT2D eigenvalue weighted by Gasteiger charge is -2.37. The summed E-state index contributed by atoms with van der Waals surface area (Å²) in [5.41, 5.74) is 0.193. The lowest BCUT2D eigenvalue weighted by atomic mass is 9.68. The third kappa shape index (κ3) is 5.29. The van der Waals surface area contributed by atoms with Gasteiger partial charge in [-0.3, -0.25) is 4.79 Å². The van der Waals surface area contributed by atoms with Crippen molar-refractivity contribution in [2.75, 3.05) is 11.9 Å². The minimum absolute atomic E-state index is 0.193. The van der Waals surface area contributed by atoms with Gasteiger partial charge in [-0.1, -0.05) is 55.5 Å². The van der Waals surface area contributed by atoms with Crippen LogP contribution in [0.4, 0.5) is 0 Å². The quantitative estimate of drug-likeness (QED) is 0.551. The summed E-state index contributed by atoms with van der Waals surface area (Å²) < 4.78 is 0. The van der Waals surface area contributed by atoms with E-state index in [4.69, 9.17) is 0 Å². The summed E-state index contributed by atoms with van der Waals surface area (Å²) in [6, 6.07) is 0. The Labute approximate surface area is 120 Å². The maximum absolute atomic E-state index is 12.2. The topological polar surface area (TPSA) is 29.1 Å². The number of carbonyl (C=O) groups is 1. The SMILES string of the molecule is CC1(C)CCCCC1C(=O)NCCCCCCBr. The van der Waals surface area contributed by atoms with Crippen LogP contribution in [0.2, 0.25) is 0 Å². The molecule has 2 nitrogen and oxygen atoms in total. The summed E-state index contributed by atoms with van der Waals surface area (Å²) in [6.45, 7) is 5.34. The van der Waals surface area contributed by atoms with Gasteiger partial charge in [0.05, 0.1) is 0 Å². The number of unbranched alkanes of at least 4 members (excludes halogenated alkanes) is 3. The zero-order valence-electron chi connectivity index (χ0n) is 11.9. The van der Waals surface area contributed by atoms with Crippen LogP contribution < -0.4 is 5.32 Å². The van der Waals surface area contributed by atoms with Gasteiger partial charge in [-0.05, 0) is 31.1 Å². The minimum Gasteiger partial charge on any atom is -0.356 e. The Morgan fingerprint density at radius 2 is 1.94 bits per heavy atom. The Kier molecular flexibility index (Phi) is 7.28. The summed E-state index contributed by atoms with van der Waals surface area (Å²) in [4.78, 5) is 12.2. The molecule has 1 aliphatic rings. The van der Waals surface area contributed by atoms with E-state index in [2.05, 4.69) is 35.1 Å². The number of alkyl halides is 1. The van der Waals surface area contributed by atoms with E-state index in [1.807, 2.05) is 0 Å². The van der Waals surface area contributed by atoms with Crippen molar-refractivity contribution in [2.45, 2.75) is 65.2 Å². The molecule has 3 heteroatoms. The second-order valence-corrected chi connectivity index (χ2v) is 6.97. The Balaban J connectivity index is 2.19. The van der Waals surface area contributed by atoms with Gasteiger partial charge in [-0.15, -0.1) is 0 Å². The van der Waals surface area contributed by atoms with Crippen LogP contribution in [0.25, 0.3) is 0 Å². The molecule has 18 heavy (non-hydrogen) atoms. The molecule has 1 amide bonds. The second kappa shape index (κ2) is 8.19.